The molecular formula is C18H18N4O4. The van der Waals surface area contributed by atoms with Crippen molar-refractivity contribution in [1.82, 2.24) is 15.6 Å². The van der Waals surface area contributed by atoms with Crippen LogP contribution in [0.4, 0.5) is 5.82 Å². The normalized spacial score (nSPS) is 10.3. The van der Waals surface area contributed by atoms with Gasteiger partial charge in [0.05, 0.1) is 27.5 Å². The van der Waals surface area contributed by atoms with E-state index in [0.29, 0.717) is 28.6 Å². The maximum atomic E-state index is 12.5. The third kappa shape index (κ3) is 3.30. The van der Waals surface area contributed by atoms with Crippen molar-refractivity contribution in [3.8, 4) is 17.2 Å². The van der Waals surface area contributed by atoms with E-state index in [2.05, 4.69) is 21.0 Å². The number of hydrogen-bond donors (Lipinski definition) is 2. The Morgan fingerprint density at radius 3 is 2.35 bits per heavy atom. The molecule has 0 unspecified atom stereocenters. The lowest BCUT2D eigenvalue weighted by atomic mass is 10.1. The lowest BCUT2D eigenvalue weighted by Gasteiger charge is -2.14. The van der Waals surface area contributed by atoms with Crippen molar-refractivity contribution >= 4 is 22.5 Å². The minimum atomic E-state index is -0.390. The molecule has 1 amide bonds. The molecule has 2 aromatic carbocycles. The van der Waals surface area contributed by atoms with Crippen LogP contribution in [0.3, 0.4) is 0 Å². The quantitative estimate of drug-likeness (QED) is 0.656. The van der Waals surface area contributed by atoms with Crippen molar-refractivity contribution < 1.29 is 19.0 Å². The molecule has 1 aromatic heterocycles. The van der Waals surface area contributed by atoms with Gasteiger partial charge in [0, 0.05) is 16.3 Å². The predicted molar refractivity (Wildman–Crippen MR) is 96.7 cm³/mol. The summed E-state index contributed by atoms with van der Waals surface area (Å²) in [4.78, 5) is 12.5. The van der Waals surface area contributed by atoms with Crippen LogP contribution < -0.4 is 25.1 Å². The topological polar surface area (TPSA) is 94.6 Å². The van der Waals surface area contributed by atoms with Crippen LogP contribution in [0, 0.1) is 0 Å². The average Bonchev–Trinajstić information content (AvgIpc) is 2.70. The van der Waals surface area contributed by atoms with E-state index in [1.807, 2.05) is 24.3 Å². The number of carbonyl (C=O) groups is 1. The Morgan fingerprint density at radius 2 is 1.69 bits per heavy atom. The molecule has 26 heavy (non-hydrogen) atoms. The van der Waals surface area contributed by atoms with E-state index >= 15 is 0 Å². The van der Waals surface area contributed by atoms with Crippen molar-refractivity contribution in [2.75, 3.05) is 26.8 Å². The molecule has 3 aromatic rings. The zero-order chi connectivity index (χ0) is 18.5. The molecule has 134 valence electrons. The number of anilines is 1. The highest BCUT2D eigenvalue weighted by atomic mass is 16.5. The second-order valence-corrected chi connectivity index (χ2v) is 5.27. The molecule has 0 saturated carbocycles. The smallest absolute Gasteiger partial charge is 0.269 e. The largest absolute Gasteiger partial charge is 0.493 e. The van der Waals surface area contributed by atoms with Gasteiger partial charge in [-0.1, -0.05) is 24.3 Å². The molecule has 0 aliphatic heterocycles. The van der Waals surface area contributed by atoms with Crippen LogP contribution >= 0.6 is 0 Å². The number of ether oxygens (including phenoxy) is 3. The van der Waals surface area contributed by atoms with Gasteiger partial charge in [0.2, 0.25) is 5.75 Å². The number of hydrogen-bond acceptors (Lipinski definition) is 7. The third-order valence-electron chi connectivity index (χ3n) is 3.79. The number of nitrogens with zero attached hydrogens (tertiary/aromatic N) is 2. The Labute approximate surface area is 150 Å². The first-order chi connectivity index (χ1) is 12.7. The van der Waals surface area contributed by atoms with Gasteiger partial charge in [0.25, 0.3) is 5.91 Å². The van der Waals surface area contributed by atoms with Crippen molar-refractivity contribution in [2.45, 2.75) is 0 Å². The molecule has 0 fully saturated rings. The van der Waals surface area contributed by atoms with Crippen molar-refractivity contribution in [3.05, 3.63) is 48.2 Å². The number of methoxy groups -OCH3 is 3. The Kier molecular flexibility index (Phi) is 5.02. The molecule has 0 atom stereocenters. The highest BCUT2D eigenvalue weighted by molar-refractivity contribution is 5.97. The van der Waals surface area contributed by atoms with Gasteiger partial charge in [-0.25, -0.2) is 0 Å². The summed E-state index contributed by atoms with van der Waals surface area (Å²) >= 11 is 0. The molecule has 0 radical (unpaired) electrons. The van der Waals surface area contributed by atoms with Crippen LogP contribution in [-0.2, 0) is 0 Å². The first kappa shape index (κ1) is 17.3. The van der Waals surface area contributed by atoms with Crippen LogP contribution in [-0.4, -0.2) is 37.4 Å². The first-order valence-corrected chi connectivity index (χ1v) is 7.74. The number of rotatable bonds is 6. The van der Waals surface area contributed by atoms with Gasteiger partial charge in [-0.3, -0.25) is 15.6 Å². The summed E-state index contributed by atoms with van der Waals surface area (Å²) in [6, 6.07) is 10.7. The fourth-order valence-electron chi connectivity index (χ4n) is 2.52. The molecule has 1 heterocycles. The van der Waals surface area contributed by atoms with Crippen LogP contribution in [0.15, 0.2) is 42.6 Å². The standard InChI is InChI=1S/C18H18N4O4/c1-24-14-8-12(9-15(25-2)16(14)26-3)18(23)22-21-17-13-7-5-4-6-11(13)10-19-20-17/h4-10H,1-3H3,(H,20,21)(H,22,23). The summed E-state index contributed by atoms with van der Waals surface area (Å²) in [6.45, 7) is 0. The molecule has 8 heteroatoms. The summed E-state index contributed by atoms with van der Waals surface area (Å²) in [6.07, 6.45) is 1.65. The zero-order valence-corrected chi connectivity index (χ0v) is 14.6. The third-order valence-corrected chi connectivity index (χ3v) is 3.79. The number of amides is 1. The number of carbonyl (C=O) groups excluding carboxylic acids is 1. The van der Waals surface area contributed by atoms with Crippen molar-refractivity contribution in [3.63, 3.8) is 0 Å². The Morgan fingerprint density at radius 1 is 1.00 bits per heavy atom. The Hall–Kier alpha value is -3.55. The number of hydrazine groups is 1. The fourth-order valence-corrected chi connectivity index (χ4v) is 2.52. The predicted octanol–water partition coefficient (Wildman–Crippen LogP) is 2.41. The molecule has 0 aliphatic carbocycles. The van der Waals surface area contributed by atoms with E-state index in [-0.39, 0.29) is 5.91 Å². The molecule has 8 nitrogen and oxygen atoms in total. The summed E-state index contributed by atoms with van der Waals surface area (Å²) in [5, 5.41) is 9.69. The fraction of sp³-hybridized carbons (Fsp3) is 0.167. The van der Waals surface area contributed by atoms with Gasteiger partial charge in [0.1, 0.15) is 0 Å². The van der Waals surface area contributed by atoms with E-state index < -0.39 is 0 Å². The number of fused-ring (bicyclic) bond motifs is 1. The highest BCUT2D eigenvalue weighted by Gasteiger charge is 2.17. The summed E-state index contributed by atoms with van der Waals surface area (Å²) in [5.74, 6) is 1.26. The Balaban J connectivity index is 1.84. The molecule has 3 rings (SSSR count). The van der Waals surface area contributed by atoms with E-state index in [1.54, 1.807) is 18.3 Å². The van der Waals surface area contributed by atoms with Crippen molar-refractivity contribution in [1.29, 1.82) is 0 Å². The van der Waals surface area contributed by atoms with Crippen LogP contribution in [0.2, 0.25) is 0 Å². The minimum absolute atomic E-state index is 0.334. The minimum Gasteiger partial charge on any atom is -0.493 e. The van der Waals surface area contributed by atoms with Gasteiger partial charge in [-0.2, -0.15) is 5.10 Å². The van der Waals surface area contributed by atoms with Crippen LogP contribution in [0.25, 0.3) is 10.8 Å². The van der Waals surface area contributed by atoms with Gasteiger partial charge < -0.3 is 14.2 Å². The van der Waals surface area contributed by atoms with Gasteiger partial charge in [0.15, 0.2) is 17.3 Å². The van der Waals surface area contributed by atoms with Crippen molar-refractivity contribution in [2.24, 2.45) is 0 Å². The lowest BCUT2D eigenvalue weighted by molar-refractivity contribution is 0.0961. The van der Waals surface area contributed by atoms with Gasteiger partial charge in [-0.05, 0) is 12.1 Å². The molecule has 0 bridgehead atoms. The monoisotopic (exact) mass is 354 g/mol. The maximum absolute atomic E-state index is 12.5. The molecule has 0 saturated heterocycles. The van der Waals surface area contributed by atoms with E-state index in [0.717, 1.165) is 10.8 Å². The maximum Gasteiger partial charge on any atom is 0.269 e. The lowest BCUT2D eigenvalue weighted by Crippen LogP contribution is -2.30. The zero-order valence-electron chi connectivity index (χ0n) is 14.6. The SMILES string of the molecule is COc1cc(C(=O)NNc2nncc3ccccc23)cc(OC)c1OC. The molecule has 0 aliphatic rings. The molecule has 0 spiro atoms. The first-order valence-electron chi connectivity index (χ1n) is 7.74. The Bertz CT molecular complexity index is 915. The van der Waals surface area contributed by atoms with E-state index in [1.165, 1.54) is 21.3 Å². The average molecular weight is 354 g/mol. The number of benzene rings is 2. The van der Waals surface area contributed by atoms with Crippen LogP contribution in [0.1, 0.15) is 10.4 Å². The highest BCUT2D eigenvalue weighted by Crippen LogP contribution is 2.38. The summed E-state index contributed by atoms with van der Waals surface area (Å²) in [5.41, 5.74) is 5.74. The molecular weight excluding hydrogens is 336 g/mol. The summed E-state index contributed by atoms with van der Waals surface area (Å²) < 4.78 is 15.8. The molecule has 2 N–H and O–H groups in total. The summed E-state index contributed by atoms with van der Waals surface area (Å²) in [7, 11) is 4.48. The second-order valence-electron chi connectivity index (χ2n) is 5.27. The van der Waals surface area contributed by atoms with Crippen LogP contribution in [0.5, 0.6) is 17.2 Å². The van der Waals surface area contributed by atoms with E-state index in [4.69, 9.17) is 14.2 Å². The number of nitrogens with one attached hydrogen (secondary N) is 2. The van der Waals surface area contributed by atoms with Gasteiger partial charge in [-0.15, -0.1) is 5.10 Å². The van der Waals surface area contributed by atoms with Gasteiger partial charge >= 0.3 is 0 Å². The van der Waals surface area contributed by atoms with E-state index in [9.17, 15) is 4.79 Å². The second kappa shape index (κ2) is 7.56. The number of aromatic nitrogens is 2.